The molecule has 0 bridgehead atoms. The van der Waals surface area contributed by atoms with Crippen molar-refractivity contribution in [3.05, 3.63) is 24.0 Å². The van der Waals surface area contributed by atoms with Crippen molar-refractivity contribution in [3.8, 4) is 11.8 Å². The van der Waals surface area contributed by atoms with Crippen molar-refractivity contribution >= 4 is 5.69 Å². The van der Waals surface area contributed by atoms with Gasteiger partial charge in [-0.2, -0.15) is 5.26 Å². The zero-order chi connectivity index (χ0) is 10.6. The number of ether oxygens (including phenoxy) is 1. The van der Waals surface area contributed by atoms with Crippen molar-refractivity contribution in [1.82, 2.24) is 0 Å². The van der Waals surface area contributed by atoms with Crippen molar-refractivity contribution < 1.29 is 9.13 Å². The topological polar surface area (TPSA) is 59.0 Å². The van der Waals surface area contributed by atoms with Crippen molar-refractivity contribution in [2.45, 2.75) is 19.4 Å². The molecule has 0 aromatic heterocycles. The number of benzene rings is 1. The normalized spacial score (nSPS) is 11.8. The largest absolute Gasteiger partial charge is 0.473 e. The maximum Gasteiger partial charge on any atom is 0.184 e. The van der Waals surface area contributed by atoms with Gasteiger partial charge in [0, 0.05) is 11.8 Å². The Hall–Kier alpha value is -1.76. The first kappa shape index (κ1) is 10.3. The molecule has 14 heavy (non-hydrogen) atoms. The highest BCUT2D eigenvalue weighted by molar-refractivity contribution is 5.42. The number of anilines is 1. The molecule has 0 amide bonds. The Bertz CT molecular complexity index is 360. The second-order valence-electron chi connectivity index (χ2n) is 2.83. The minimum atomic E-state index is -0.617. The first-order valence-corrected chi connectivity index (χ1v) is 4.28. The smallest absolute Gasteiger partial charge is 0.184 e. The second-order valence-corrected chi connectivity index (χ2v) is 2.83. The van der Waals surface area contributed by atoms with E-state index in [9.17, 15) is 4.39 Å². The van der Waals surface area contributed by atoms with Crippen LogP contribution in [0.1, 0.15) is 13.3 Å². The Morgan fingerprint density at radius 3 is 2.86 bits per heavy atom. The van der Waals surface area contributed by atoms with Crippen molar-refractivity contribution in [2.24, 2.45) is 0 Å². The van der Waals surface area contributed by atoms with Gasteiger partial charge in [-0.15, -0.1) is 0 Å². The van der Waals surface area contributed by atoms with Crippen LogP contribution in [0.15, 0.2) is 18.2 Å². The van der Waals surface area contributed by atoms with Crippen LogP contribution in [0.4, 0.5) is 10.1 Å². The fourth-order valence-electron chi connectivity index (χ4n) is 0.967. The molecule has 1 aromatic carbocycles. The summed E-state index contributed by atoms with van der Waals surface area (Å²) in [5.74, 6) is -0.480. The molecule has 74 valence electrons. The lowest BCUT2D eigenvalue weighted by Crippen LogP contribution is -2.13. The fourth-order valence-corrected chi connectivity index (χ4v) is 0.967. The molecule has 3 nitrogen and oxygen atoms in total. The van der Waals surface area contributed by atoms with Crippen LogP contribution in [0.3, 0.4) is 0 Å². The zero-order valence-electron chi connectivity index (χ0n) is 7.83. The summed E-state index contributed by atoms with van der Waals surface area (Å²) >= 11 is 0. The summed E-state index contributed by atoms with van der Waals surface area (Å²) in [5.41, 5.74) is 5.70. The minimum absolute atomic E-state index is 0.0626. The van der Waals surface area contributed by atoms with Gasteiger partial charge in [-0.1, -0.05) is 6.92 Å². The molecule has 0 spiro atoms. The SMILES string of the molecule is CCC(C#N)Oc1ccc(N)cc1F. The number of rotatable bonds is 3. The average molecular weight is 194 g/mol. The van der Waals surface area contributed by atoms with E-state index in [2.05, 4.69) is 0 Å². The monoisotopic (exact) mass is 194 g/mol. The molecule has 1 unspecified atom stereocenters. The third kappa shape index (κ3) is 2.36. The summed E-state index contributed by atoms with van der Waals surface area (Å²) in [4.78, 5) is 0. The minimum Gasteiger partial charge on any atom is -0.473 e. The lowest BCUT2D eigenvalue weighted by atomic mass is 10.2. The van der Waals surface area contributed by atoms with Crippen LogP contribution in [0, 0.1) is 17.1 Å². The summed E-state index contributed by atoms with van der Waals surface area (Å²) in [5, 5.41) is 8.61. The Kier molecular flexibility index (Phi) is 3.29. The highest BCUT2D eigenvalue weighted by Gasteiger charge is 2.09. The molecule has 4 heteroatoms. The van der Waals surface area contributed by atoms with Crippen LogP contribution in [0.2, 0.25) is 0 Å². The fraction of sp³-hybridized carbons (Fsp3) is 0.300. The first-order valence-electron chi connectivity index (χ1n) is 4.28. The molecule has 0 aliphatic carbocycles. The molecule has 2 N–H and O–H groups in total. The average Bonchev–Trinajstić information content (AvgIpc) is 2.17. The predicted octanol–water partition coefficient (Wildman–Crippen LogP) is 2.09. The quantitative estimate of drug-likeness (QED) is 0.749. The summed E-state index contributed by atoms with van der Waals surface area (Å²) in [7, 11) is 0. The zero-order valence-corrected chi connectivity index (χ0v) is 7.83. The molecule has 1 aromatic rings. The van der Waals surface area contributed by atoms with E-state index in [0.717, 1.165) is 0 Å². The van der Waals surface area contributed by atoms with E-state index < -0.39 is 11.9 Å². The van der Waals surface area contributed by atoms with Crippen LogP contribution in [0.5, 0.6) is 5.75 Å². The van der Waals surface area contributed by atoms with Gasteiger partial charge in [0.25, 0.3) is 0 Å². The first-order chi connectivity index (χ1) is 6.67. The van der Waals surface area contributed by atoms with Crippen LogP contribution < -0.4 is 10.5 Å². The van der Waals surface area contributed by atoms with E-state index in [4.69, 9.17) is 15.7 Å². The van der Waals surface area contributed by atoms with Crippen molar-refractivity contribution in [2.75, 3.05) is 5.73 Å². The molecular weight excluding hydrogens is 183 g/mol. The number of nitrogens with zero attached hydrogens (tertiary/aromatic N) is 1. The van der Waals surface area contributed by atoms with Crippen LogP contribution >= 0.6 is 0 Å². The molecule has 0 saturated carbocycles. The molecular formula is C10H11FN2O. The third-order valence-electron chi connectivity index (χ3n) is 1.74. The Labute approximate surface area is 81.9 Å². The highest BCUT2D eigenvalue weighted by atomic mass is 19.1. The van der Waals surface area contributed by atoms with E-state index in [-0.39, 0.29) is 5.75 Å². The van der Waals surface area contributed by atoms with Crippen molar-refractivity contribution in [3.63, 3.8) is 0 Å². The lowest BCUT2D eigenvalue weighted by Gasteiger charge is -2.10. The molecule has 0 aliphatic rings. The van der Waals surface area contributed by atoms with Crippen LogP contribution in [0.25, 0.3) is 0 Å². The third-order valence-corrected chi connectivity index (χ3v) is 1.74. The predicted molar refractivity (Wildman–Crippen MR) is 51.1 cm³/mol. The van der Waals surface area contributed by atoms with Gasteiger partial charge in [0.2, 0.25) is 0 Å². The molecule has 0 aliphatic heterocycles. The summed E-state index contributed by atoms with van der Waals surface area (Å²) < 4.78 is 18.3. The summed E-state index contributed by atoms with van der Waals surface area (Å²) in [6, 6.07) is 6.04. The molecule has 0 saturated heterocycles. The number of hydrogen-bond acceptors (Lipinski definition) is 3. The van der Waals surface area contributed by atoms with Gasteiger partial charge in [0.1, 0.15) is 6.07 Å². The van der Waals surface area contributed by atoms with E-state index in [1.807, 2.05) is 6.07 Å². The molecule has 0 heterocycles. The van der Waals surface area contributed by atoms with Gasteiger partial charge < -0.3 is 10.5 Å². The highest BCUT2D eigenvalue weighted by Crippen LogP contribution is 2.20. The van der Waals surface area contributed by atoms with Gasteiger partial charge in [0.05, 0.1) is 0 Å². The Morgan fingerprint density at radius 1 is 1.64 bits per heavy atom. The van der Waals surface area contributed by atoms with Gasteiger partial charge in [-0.3, -0.25) is 0 Å². The van der Waals surface area contributed by atoms with Gasteiger partial charge >= 0.3 is 0 Å². The van der Waals surface area contributed by atoms with E-state index >= 15 is 0 Å². The summed E-state index contributed by atoms with van der Waals surface area (Å²) in [6.45, 7) is 1.79. The molecule has 0 fully saturated rings. The second kappa shape index (κ2) is 4.47. The standard InChI is InChI=1S/C10H11FN2O/c1-2-8(6-12)14-10-4-3-7(13)5-9(10)11/h3-5,8H,2,13H2,1H3. The molecule has 1 rings (SSSR count). The maximum atomic E-state index is 13.2. The maximum absolute atomic E-state index is 13.2. The number of nitrogen functional groups attached to an aromatic ring is 1. The lowest BCUT2D eigenvalue weighted by molar-refractivity contribution is 0.240. The van der Waals surface area contributed by atoms with E-state index in [1.165, 1.54) is 18.2 Å². The molecule has 1 atom stereocenters. The Morgan fingerprint density at radius 2 is 2.36 bits per heavy atom. The van der Waals surface area contributed by atoms with Crippen LogP contribution in [-0.4, -0.2) is 6.10 Å². The Balaban J connectivity index is 2.82. The summed E-state index contributed by atoms with van der Waals surface area (Å²) in [6.07, 6.45) is -0.103. The van der Waals surface area contributed by atoms with Gasteiger partial charge in [-0.25, -0.2) is 4.39 Å². The number of hydrogen-bond donors (Lipinski definition) is 1. The van der Waals surface area contributed by atoms with Gasteiger partial charge in [0.15, 0.2) is 17.7 Å². The van der Waals surface area contributed by atoms with E-state index in [0.29, 0.717) is 12.1 Å². The van der Waals surface area contributed by atoms with Crippen LogP contribution in [-0.2, 0) is 0 Å². The molecule has 0 radical (unpaired) electrons. The van der Waals surface area contributed by atoms with E-state index in [1.54, 1.807) is 6.92 Å². The van der Waals surface area contributed by atoms with Gasteiger partial charge in [-0.05, 0) is 18.6 Å². The number of halogens is 1. The number of nitriles is 1. The van der Waals surface area contributed by atoms with Crippen molar-refractivity contribution in [1.29, 1.82) is 5.26 Å². The number of nitrogens with two attached hydrogens (primary N) is 1.